The zero-order valence-corrected chi connectivity index (χ0v) is 13.3. The van der Waals surface area contributed by atoms with Crippen molar-refractivity contribution in [3.63, 3.8) is 0 Å². The summed E-state index contributed by atoms with van der Waals surface area (Å²) in [5.41, 5.74) is 1.65. The van der Waals surface area contributed by atoms with Gasteiger partial charge in [0.25, 0.3) is 0 Å². The maximum absolute atomic E-state index is 12.7. The Kier molecular flexibility index (Phi) is 4.77. The summed E-state index contributed by atoms with van der Waals surface area (Å²) in [7, 11) is 0. The number of hydrogen-bond donors (Lipinski definition) is 1. The van der Waals surface area contributed by atoms with Crippen molar-refractivity contribution >= 4 is 22.6 Å². The van der Waals surface area contributed by atoms with Crippen molar-refractivity contribution in [2.75, 3.05) is 5.32 Å². The Morgan fingerprint density at radius 1 is 1.09 bits per heavy atom. The highest BCUT2D eigenvalue weighted by molar-refractivity contribution is 5.96. The Morgan fingerprint density at radius 3 is 2.57 bits per heavy atom. The summed E-state index contributed by atoms with van der Waals surface area (Å²) in [6.07, 6.45) is 2.83. The number of nitrogens with one attached hydrogen (secondary N) is 1. The largest absolute Gasteiger partial charge is 0.460 e. The molecule has 0 spiro atoms. The number of amides is 1. The zero-order chi connectivity index (χ0) is 16.1. The summed E-state index contributed by atoms with van der Waals surface area (Å²) in [5, 5.41) is 4.03. The number of unbranched alkanes of at least 4 members (excludes halogenated alkanes) is 1. The topological polar surface area (TPSA) is 42.2 Å². The van der Waals surface area contributed by atoms with Gasteiger partial charge in [0.15, 0.2) is 0 Å². The van der Waals surface area contributed by atoms with Gasteiger partial charge in [-0.2, -0.15) is 0 Å². The molecule has 3 aromatic rings. The van der Waals surface area contributed by atoms with Gasteiger partial charge in [0, 0.05) is 11.1 Å². The molecule has 0 radical (unpaired) electrons. The van der Waals surface area contributed by atoms with Crippen molar-refractivity contribution in [3.05, 3.63) is 66.4 Å². The molecule has 3 rings (SSSR count). The third-order valence-electron chi connectivity index (χ3n) is 3.99. The van der Waals surface area contributed by atoms with Crippen LogP contribution in [0, 0.1) is 0 Å². The maximum Gasteiger partial charge on any atom is 0.235 e. The molecule has 0 aliphatic heterocycles. The summed E-state index contributed by atoms with van der Waals surface area (Å²) in [6, 6.07) is 19.4. The Bertz CT molecular complexity index is 743. The summed E-state index contributed by atoms with van der Waals surface area (Å²) < 4.78 is 5.93. The second kappa shape index (κ2) is 7.14. The number of para-hydroxylation sites is 2. The lowest BCUT2D eigenvalue weighted by Crippen LogP contribution is -2.20. The molecular formula is C20H21NO2. The fraction of sp³-hybridized carbons (Fsp3) is 0.250. The Labute approximate surface area is 136 Å². The van der Waals surface area contributed by atoms with Gasteiger partial charge in [0.05, 0.1) is 5.92 Å². The van der Waals surface area contributed by atoms with Crippen LogP contribution >= 0.6 is 0 Å². The first-order valence-electron chi connectivity index (χ1n) is 8.12. The number of carbonyl (C=O) groups is 1. The molecule has 2 aromatic carbocycles. The number of fused-ring (bicyclic) bond motifs is 1. The monoisotopic (exact) mass is 307 g/mol. The van der Waals surface area contributed by atoms with Gasteiger partial charge in [-0.15, -0.1) is 0 Å². The second-order valence-corrected chi connectivity index (χ2v) is 5.74. The van der Waals surface area contributed by atoms with Crippen LogP contribution < -0.4 is 5.32 Å². The van der Waals surface area contributed by atoms with E-state index in [0.717, 1.165) is 41.7 Å². The highest BCUT2D eigenvalue weighted by atomic mass is 16.3. The standard InChI is InChI=1S/C20H21NO2/c1-2-3-12-17(20(22)21-16-10-5-4-6-11-16)19-14-15-9-7-8-13-18(15)23-19/h4-11,13-14,17H,2-3,12H2,1H3,(H,21,22). The minimum Gasteiger partial charge on any atom is -0.460 e. The molecular weight excluding hydrogens is 286 g/mol. The van der Waals surface area contributed by atoms with E-state index in [1.807, 2.05) is 60.7 Å². The highest BCUT2D eigenvalue weighted by Crippen LogP contribution is 2.29. The molecule has 1 N–H and O–H groups in total. The summed E-state index contributed by atoms with van der Waals surface area (Å²) in [6.45, 7) is 2.13. The van der Waals surface area contributed by atoms with E-state index in [2.05, 4.69) is 12.2 Å². The number of rotatable bonds is 6. The number of furan rings is 1. The second-order valence-electron chi connectivity index (χ2n) is 5.74. The smallest absolute Gasteiger partial charge is 0.235 e. The lowest BCUT2D eigenvalue weighted by molar-refractivity contribution is -0.118. The third kappa shape index (κ3) is 3.62. The average Bonchev–Trinajstić information content (AvgIpc) is 2.99. The minimum absolute atomic E-state index is 0.0105. The molecule has 1 atom stereocenters. The van der Waals surface area contributed by atoms with Crippen LogP contribution in [0.4, 0.5) is 5.69 Å². The van der Waals surface area contributed by atoms with Crippen LogP contribution in [-0.2, 0) is 4.79 Å². The van der Waals surface area contributed by atoms with Crippen molar-refractivity contribution in [1.82, 2.24) is 0 Å². The van der Waals surface area contributed by atoms with E-state index in [-0.39, 0.29) is 11.8 Å². The number of benzene rings is 2. The zero-order valence-electron chi connectivity index (χ0n) is 13.3. The Balaban J connectivity index is 1.85. The summed E-state index contributed by atoms with van der Waals surface area (Å²) >= 11 is 0. The molecule has 23 heavy (non-hydrogen) atoms. The van der Waals surface area contributed by atoms with E-state index in [1.54, 1.807) is 0 Å². The molecule has 3 nitrogen and oxygen atoms in total. The van der Waals surface area contributed by atoms with Gasteiger partial charge in [0.2, 0.25) is 5.91 Å². The first kappa shape index (κ1) is 15.3. The average molecular weight is 307 g/mol. The summed E-state index contributed by atoms with van der Waals surface area (Å²) in [5.74, 6) is 0.472. The fourth-order valence-electron chi connectivity index (χ4n) is 2.74. The van der Waals surface area contributed by atoms with E-state index >= 15 is 0 Å². The van der Waals surface area contributed by atoms with E-state index in [0.29, 0.717) is 0 Å². The van der Waals surface area contributed by atoms with Gasteiger partial charge < -0.3 is 9.73 Å². The van der Waals surface area contributed by atoms with Crippen molar-refractivity contribution in [3.8, 4) is 0 Å². The van der Waals surface area contributed by atoms with E-state index < -0.39 is 0 Å². The molecule has 1 unspecified atom stereocenters. The first-order chi connectivity index (χ1) is 11.3. The predicted molar refractivity (Wildman–Crippen MR) is 93.6 cm³/mol. The van der Waals surface area contributed by atoms with Gasteiger partial charge in [-0.1, -0.05) is 56.2 Å². The Hall–Kier alpha value is -2.55. The molecule has 0 fully saturated rings. The van der Waals surface area contributed by atoms with Crippen LogP contribution in [0.25, 0.3) is 11.0 Å². The van der Waals surface area contributed by atoms with Gasteiger partial charge in [-0.05, 0) is 30.7 Å². The van der Waals surface area contributed by atoms with E-state index in [4.69, 9.17) is 4.42 Å². The molecule has 1 amide bonds. The molecule has 0 bridgehead atoms. The van der Waals surface area contributed by atoms with Gasteiger partial charge in [-0.25, -0.2) is 0 Å². The van der Waals surface area contributed by atoms with Gasteiger partial charge >= 0.3 is 0 Å². The molecule has 3 heteroatoms. The number of carbonyl (C=O) groups excluding carboxylic acids is 1. The Morgan fingerprint density at radius 2 is 1.83 bits per heavy atom. The van der Waals surface area contributed by atoms with E-state index in [1.165, 1.54) is 0 Å². The van der Waals surface area contributed by atoms with Crippen LogP contribution in [0.3, 0.4) is 0 Å². The summed E-state index contributed by atoms with van der Waals surface area (Å²) in [4.78, 5) is 12.7. The quantitative estimate of drug-likeness (QED) is 0.667. The molecule has 0 aliphatic carbocycles. The molecule has 118 valence electrons. The van der Waals surface area contributed by atoms with Crippen molar-refractivity contribution < 1.29 is 9.21 Å². The number of anilines is 1. The SMILES string of the molecule is CCCCC(C(=O)Nc1ccccc1)c1cc2ccccc2o1. The molecule has 0 saturated carbocycles. The first-order valence-corrected chi connectivity index (χ1v) is 8.12. The van der Waals surface area contributed by atoms with Gasteiger partial charge in [0.1, 0.15) is 11.3 Å². The molecule has 0 aliphatic rings. The van der Waals surface area contributed by atoms with E-state index in [9.17, 15) is 4.79 Å². The van der Waals surface area contributed by atoms with Crippen LogP contribution in [0.5, 0.6) is 0 Å². The van der Waals surface area contributed by atoms with Crippen molar-refractivity contribution in [1.29, 1.82) is 0 Å². The highest BCUT2D eigenvalue weighted by Gasteiger charge is 2.24. The lowest BCUT2D eigenvalue weighted by atomic mass is 9.98. The molecule has 1 heterocycles. The molecule has 0 saturated heterocycles. The fourth-order valence-corrected chi connectivity index (χ4v) is 2.74. The lowest BCUT2D eigenvalue weighted by Gasteiger charge is -2.14. The van der Waals surface area contributed by atoms with Crippen LogP contribution in [-0.4, -0.2) is 5.91 Å². The minimum atomic E-state index is -0.262. The maximum atomic E-state index is 12.7. The molecule has 1 aromatic heterocycles. The normalized spacial score (nSPS) is 12.2. The van der Waals surface area contributed by atoms with Crippen molar-refractivity contribution in [2.24, 2.45) is 0 Å². The third-order valence-corrected chi connectivity index (χ3v) is 3.99. The predicted octanol–water partition coefficient (Wildman–Crippen LogP) is 5.35. The van der Waals surface area contributed by atoms with Gasteiger partial charge in [-0.3, -0.25) is 4.79 Å². The van der Waals surface area contributed by atoms with Crippen LogP contribution in [0.1, 0.15) is 37.9 Å². The number of hydrogen-bond acceptors (Lipinski definition) is 2. The van der Waals surface area contributed by atoms with Crippen LogP contribution in [0.2, 0.25) is 0 Å². The van der Waals surface area contributed by atoms with Crippen molar-refractivity contribution in [2.45, 2.75) is 32.1 Å². The van der Waals surface area contributed by atoms with Crippen LogP contribution in [0.15, 0.2) is 65.1 Å².